The van der Waals surface area contributed by atoms with Crippen molar-refractivity contribution in [1.29, 1.82) is 0 Å². The average molecular weight is 789 g/mol. The Morgan fingerprint density at radius 3 is 2.11 bits per heavy atom. The summed E-state index contributed by atoms with van der Waals surface area (Å²) in [6.45, 7) is 10.6. The van der Waals surface area contributed by atoms with Crippen molar-refractivity contribution < 1.29 is 4.74 Å². The third-order valence-electron chi connectivity index (χ3n) is 11.8. The predicted molar refractivity (Wildman–Crippen MR) is 255 cm³/mol. The molecule has 1 aliphatic rings. The van der Waals surface area contributed by atoms with Gasteiger partial charge in [-0.3, -0.25) is 9.56 Å². The zero-order chi connectivity index (χ0) is 41.0. The van der Waals surface area contributed by atoms with Crippen LogP contribution in [0.3, 0.4) is 0 Å². The summed E-state index contributed by atoms with van der Waals surface area (Å²) in [5.41, 5.74) is 16.7. The third-order valence-corrected chi connectivity index (χ3v) is 11.8. The lowest BCUT2D eigenvalue weighted by molar-refractivity contribution is 0.362. The molecule has 0 spiro atoms. The second kappa shape index (κ2) is 14.6. The van der Waals surface area contributed by atoms with Gasteiger partial charge in [0.1, 0.15) is 12.4 Å². The van der Waals surface area contributed by atoms with Crippen molar-refractivity contribution in [3.05, 3.63) is 210 Å². The Hall–Kier alpha value is -8.16. The number of hydrogen-bond acceptors (Lipinski definition) is 2. The minimum Gasteiger partial charge on any atom is -0.489 e. The smallest absolute Gasteiger partial charge is 0.207 e. The number of rotatable bonds is 3. The lowest BCUT2D eigenvalue weighted by Crippen LogP contribution is -2.33. The lowest BCUT2D eigenvalue weighted by atomic mass is 10.1. The normalized spacial score (nSPS) is 14.6. The van der Waals surface area contributed by atoms with Gasteiger partial charge in [0.05, 0.1) is 39.6 Å². The SMILES string of the molecule is C=C1c2ccccc2OC/C=C\C=c2/c(=C)n1c1cc3c(cc1n1c4ccccc4c4cccc2c41)c1ccccc1n3C(N)=NC(=NCc1ccccc1)c1ccccc1. The molecule has 0 amide bonds. The van der Waals surface area contributed by atoms with Gasteiger partial charge in [0.15, 0.2) is 5.84 Å². The number of aliphatic imine (C=N–C) groups is 2. The van der Waals surface area contributed by atoms with E-state index in [2.05, 4.69) is 117 Å². The number of fused-ring (bicyclic) bond motifs is 13. The van der Waals surface area contributed by atoms with Gasteiger partial charge in [0.2, 0.25) is 5.96 Å². The van der Waals surface area contributed by atoms with Crippen LogP contribution >= 0.6 is 0 Å². The van der Waals surface area contributed by atoms with Gasteiger partial charge in [-0.1, -0.05) is 153 Å². The summed E-state index contributed by atoms with van der Waals surface area (Å²) in [5, 5.41) is 7.22. The number of amidine groups is 1. The number of aromatic nitrogens is 3. The van der Waals surface area contributed by atoms with Gasteiger partial charge < -0.3 is 19.4 Å². The Morgan fingerprint density at radius 2 is 1.30 bits per heavy atom. The highest BCUT2D eigenvalue weighted by molar-refractivity contribution is 6.20. The lowest BCUT2D eigenvalue weighted by Gasteiger charge is -2.19. The number of hydrogen-bond donors (Lipinski definition) is 1. The molecular formula is C54H40N6O. The summed E-state index contributed by atoms with van der Waals surface area (Å²) in [4.78, 5) is 10.2. The van der Waals surface area contributed by atoms with E-state index in [0.29, 0.717) is 24.9 Å². The standard InChI is InChI=1S/C54H40N6O/c1-35-39-22-15-16-31-61-51-30-14-11-23-40(51)36(2)58(35)50-33-48-45(32-49(50)59-46-28-12-9-24-41(46)44-27-17-26-43(39)52(44)59)42-25-10-13-29-47(42)60(48)54(55)57-53(38-20-7-4-8-21-38)56-34-37-18-5-3-6-19-37/h3-30,32-33H,1-2,31,34H2,(H2,55,56,57)/b16-15-,39-22+. The van der Waals surface area contributed by atoms with Crippen molar-refractivity contribution in [1.82, 2.24) is 13.5 Å². The molecular weight excluding hydrogens is 749 g/mol. The van der Waals surface area contributed by atoms with Crippen LogP contribution in [0.15, 0.2) is 193 Å². The molecule has 0 fully saturated rings. The van der Waals surface area contributed by atoms with E-state index in [-0.39, 0.29) is 0 Å². The maximum atomic E-state index is 7.26. The molecule has 292 valence electrons. The van der Waals surface area contributed by atoms with Crippen LogP contribution in [0.1, 0.15) is 16.7 Å². The number of ether oxygens (including phenoxy) is 1. The van der Waals surface area contributed by atoms with E-state index in [4.69, 9.17) is 33.6 Å². The molecule has 10 aromatic rings. The van der Waals surface area contributed by atoms with Crippen LogP contribution in [0, 0.1) is 0 Å². The van der Waals surface area contributed by atoms with Crippen LogP contribution in [0.2, 0.25) is 0 Å². The van der Waals surface area contributed by atoms with E-state index in [1.165, 1.54) is 5.39 Å². The van der Waals surface area contributed by atoms with Crippen molar-refractivity contribution in [2.45, 2.75) is 6.54 Å². The summed E-state index contributed by atoms with van der Waals surface area (Å²) in [6, 6.07) is 56.4. The molecule has 1 aliphatic heterocycles. The summed E-state index contributed by atoms with van der Waals surface area (Å²) in [6.07, 6.45) is 6.24. The quantitative estimate of drug-likeness (QED) is 0.143. The summed E-state index contributed by atoms with van der Waals surface area (Å²) >= 11 is 0. The molecule has 7 nitrogen and oxygen atoms in total. The molecule has 7 heteroatoms. The van der Waals surface area contributed by atoms with Gasteiger partial charge >= 0.3 is 0 Å². The van der Waals surface area contributed by atoms with Crippen molar-refractivity contribution >= 4 is 90.2 Å². The van der Waals surface area contributed by atoms with E-state index in [1.54, 1.807) is 0 Å². The first-order chi connectivity index (χ1) is 30.0. The second-order valence-corrected chi connectivity index (χ2v) is 15.3. The van der Waals surface area contributed by atoms with Gasteiger partial charge in [-0.05, 0) is 48.0 Å². The zero-order valence-electron chi connectivity index (χ0n) is 33.4. The largest absolute Gasteiger partial charge is 0.489 e. The van der Waals surface area contributed by atoms with Crippen LogP contribution in [0.5, 0.6) is 5.75 Å². The molecule has 0 unspecified atom stereocenters. The van der Waals surface area contributed by atoms with Crippen LogP contribution in [0.25, 0.3) is 78.4 Å². The minimum absolute atomic E-state index is 0.298. The fourth-order valence-corrected chi connectivity index (χ4v) is 9.00. The van der Waals surface area contributed by atoms with Gasteiger partial charge in [-0.15, -0.1) is 0 Å². The van der Waals surface area contributed by atoms with Crippen LogP contribution < -0.4 is 21.0 Å². The Morgan fingerprint density at radius 1 is 0.623 bits per heavy atom. The molecule has 4 heterocycles. The topological polar surface area (TPSA) is 74.2 Å². The van der Waals surface area contributed by atoms with Crippen LogP contribution in [-0.4, -0.2) is 31.9 Å². The summed E-state index contributed by atoms with van der Waals surface area (Å²) in [5.74, 6) is 1.58. The van der Waals surface area contributed by atoms with Crippen molar-refractivity contribution in [3.63, 3.8) is 0 Å². The van der Waals surface area contributed by atoms with Crippen LogP contribution in [-0.2, 0) is 6.54 Å². The number of nitrogens with two attached hydrogens (primary N) is 1. The maximum absolute atomic E-state index is 7.26. The van der Waals surface area contributed by atoms with E-state index < -0.39 is 0 Å². The predicted octanol–water partition coefficient (Wildman–Crippen LogP) is 10.3. The van der Waals surface area contributed by atoms with E-state index >= 15 is 0 Å². The average Bonchev–Trinajstić information content (AvgIpc) is 3.81. The molecule has 0 saturated heterocycles. The van der Waals surface area contributed by atoms with Gasteiger partial charge in [0.25, 0.3) is 0 Å². The Kier molecular flexibility index (Phi) is 8.60. The van der Waals surface area contributed by atoms with Crippen molar-refractivity contribution in [2.75, 3.05) is 6.61 Å². The van der Waals surface area contributed by atoms with Crippen molar-refractivity contribution in [3.8, 4) is 5.75 Å². The molecule has 0 aliphatic carbocycles. The zero-order valence-corrected chi connectivity index (χ0v) is 33.4. The fourth-order valence-electron chi connectivity index (χ4n) is 9.00. The fraction of sp³-hybridized carbons (Fsp3) is 0.0370. The summed E-state index contributed by atoms with van der Waals surface area (Å²) in [7, 11) is 0. The molecule has 3 aromatic heterocycles. The molecule has 2 bridgehead atoms. The molecule has 61 heavy (non-hydrogen) atoms. The van der Waals surface area contributed by atoms with Gasteiger partial charge in [-0.2, -0.15) is 4.99 Å². The first-order valence-corrected chi connectivity index (χ1v) is 20.4. The van der Waals surface area contributed by atoms with E-state index in [9.17, 15) is 0 Å². The Balaban J connectivity index is 1.32. The highest BCUT2D eigenvalue weighted by Crippen LogP contribution is 2.37. The Bertz CT molecular complexity index is 3660. The first-order valence-electron chi connectivity index (χ1n) is 20.4. The van der Waals surface area contributed by atoms with Gasteiger partial charge in [0, 0.05) is 54.3 Å². The van der Waals surface area contributed by atoms with E-state index in [0.717, 1.165) is 93.3 Å². The van der Waals surface area contributed by atoms with Crippen molar-refractivity contribution in [2.24, 2.45) is 15.7 Å². The molecule has 11 rings (SSSR count). The molecule has 0 radical (unpaired) electrons. The third kappa shape index (κ3) is 5.89. The monoisotopic (exact) mass is 788 g/mol. The second-order valence-electron chi connectivity index (χ2n) is 15.3. The highest BCUT2D eigenvalue weighted by atomic mass is 16.5. The molecule has 2 N–H and O–H groups in total. The minimum atomic E-state index is 0.298. The molecule has 0 saturated carbocycles. The first kappa shape index (κ1) is 36.0. The maximum Gasteiger partial charge on any atom is 0.207 e. The number of nitrogens with zero attached hydrogens (tertiary/aromatic N) is 5. The molecule has 7 aromatic carbocycles. The Labute approximate surface area is 351 Å². The number of benzene rings is 7. The van der Waals surface area contributed by atoms with Crippen LogP contribution in [0.4, 0.5) is 0 Å². The van der Waals surface area contributed by atoms with Gasteiger partial charge in [-0.25, -0.2) is 0 Å². The number of allylic oxidation sites excluding steroid dienone is 1. The summed E-state index contributed by atoms with van der Waals surface area (Å²) < 4.78 is 13.0. The van der Waals surface area contributed by atoms with E-state index in [1.807, 2.05) is 78.9 Å². The number of para-hydroxylation sites is 4. The molecule has 0 atom stereocenters. The highest BCUT2D eigenvalue weighted by Gasteiger charge is 2.21.